The maximum atomic E-state index is 12.1. The Kier molecular flexibility index (Phi) is 28.6. The summed E-state index contributed by atoms with van der Waals surface area (Å²) < 4.78 is 5.55. The number of carbonyl (C=O) groups excluding carboxylic acids is 1. The van der Waals surface area contributed by atoms with Crippen LogP contribution in [0.2, 0.25) is 0 Å². The van der Waals surface area contributed by atoms with Gasteiger partial charge in [0.15, 0.2) is 0 Å². The minimum absolute atomic E-state index is 0.0154. The normalized spacial score (nSPS) is 25.9. The van der Waals surface area contributed by atoms with Gasteiger partial charge in [0.25, 0.3) is 0 Å². The molecule has 0 aromatic rings. The van der Waals surface area contributed by atoms with Crippen LogP contribution in [0.25, 0.3) is 0 Å². The molecule has 0 spiro atoms. The lowest BCUT2D eigenvalue weighted by atomic mass is 10.0. The number of hydrogen-bond acceptors (Lipinski definition) is 2. The molecular weight excluding hydrogens is 488 g/mol. The average Bonchev–Trinajstić information content (AvgIpc) is 2.95. The van der Waals surface area contributed by atoms with Gasteiger partial charge in [0, 0.05) is 6.42 Å². The highest BCUT2D eigenvalue weighted by atomic mass is 16.5. The van der Waals surface area contributed by atoms with Gasteiger partial charge in [-0.2, -0.15) is 0 Å². The molecule has 2 nitrogen and oxygen atoms in total. The van der Waals surface area contributed by atoms with Crippen molar-refractivity contribution in [3.05, 3.63) is 24.3 Å². The van der Waals surface area contributed by atoms with Crippen LogP contribution in [0, 0.1) is 5.92 Å². The van der Waals surface area contributed by atoms with E-state index in [1.165, 1.54) is 180 Å². The smallest absolute Gasteiger partial charge is 0.305 e. The van der Waals surface area contributed by atoms with Crippen LogP contribution in [-0.2, 0) is 9.53 Å². The number of hydrogen-bond donors (Lipinski definition) is 0. The molecule has 0 saturated heterocycles. The lowest BCUT2D eigenvalue weighted by molar-refractivity contribution is -0.145. The Hall–Kier alpha value is -1.05. The number of rotatable bonds is 0. The van der Waals surface area contributed by atoms with Crippen molar-refractivity contribution in [2.45, 2.75) is 200 Å². The number of cyclic esters (lactones) is 1. The van der Waals surface area contributed by atoms with Gasteiger partial charge in [-0.25, -0.2) is 0 Å². The maximum absolute atomic E-state index is 12.1. The summed E-state index contributed by atoms with van der Waals surface area (Å²) in [6, 6.07) is 0. The molecule has 1 atom stereocenters. The predicted octanol–water partition coefficient (Wildman–Crippen LogP) is 13.0. The van der Waals surface area contributed by atoms with Crippen molar-refractivity contribution in [1.29, 1.82) is 0 Å². The Bertz CT molecular complexity index is 578. The molecule has 0 radical (unpaired) electrons. The molecule has 1 aliphatic rings. The van der Waals surface area contributed by atoms with Gasteiger partial charge in [-0.05, 0) is 70.1 Å². The van der Waals surface area contributed by atoms with E-state index in [1.807, 2.05) is 0 Å². The highest BCUT2D eigenvalue weighted by molar-refractivity contribution is 5.69. The number of ether oxygens (including phenoxy) is 1. The molecule has 1 unspecified atom stereocenters. The third-order valence-electron chi connectivity index (χ3n) is 8.67. The van der Waals surface area contributed by atoms with Crippen molar-refractivity contribution in [2.24, 2.45) is 5.92 Å². The van der Waals surface area contributed by atoms with Crippen LogP contribution in [0.15, 0.2) is 24.3 Å². The highest BCUT2D eigenvalue weighted by Gasteiger charge is 2.07. The first-order chi connectivity index (χ1) is 19.8. The molecule has 40 heavy (non-hydrogen) atoms. The molecule has 0 fully saturated rings. The Balaban J connectivity index is 2.15. The zero-order valence-corrected chi connectivity index (χ0v) is 27.1. The van der Waals surface area contributed by atoms with Gasteiger partial charge in [-0.3, -0.25) is 4.79 Å². The molecule has 0 amide bonds. The van der Waals surface area contributed by atoms with E-state index in [1.54, 1.807) is 0 Å². The molecule has 0 N–H and O–H groups in total. The topological polar surface area (TPSA) is 26.3 Å². The third-order valence-corrected chi connectivity index (χ3v) is 8.67. The van der Waals surface area contributed by atoms with E-state index in [0.717, 1.165) is 6.42 Å². The van der Waals surface area contributed by atoms with E-state index in [9.17, 15) is 4.79 Å². The Morgan fingerprint density at radius 3 is 1.12 bits per heavy atom. The Morgan fingerprint density at radius 2 is 0.750 bits per heavy atom. The molecule has 234 valence electrons. The van der Waals surface area contributed by atoms with Gasteiger partial charge in [0.05, 0.1) is 6.61 Å². The van der Waals surface area contributed by atoms with Gasteiger partial charge < -0.3 is 4.74 Å². The number of esters is 1. The van der Waals surface area contributed by atoms with Crippen molar-refractivity contribution >= 4 is 5.97 Å². The first kappa shape index (κ1) is 37.0. The zero-order valence-electron chi connectivity index (χ0n) is 27.1. The maximum Gasteiger partial charge on any atom is 0.305 e. The Morgan fingerprint density at radius 1 is 0.450 bits per heavy atom. The van der Waals surface area contributed by atoms with E-state index < -0.39 is 0 Å². The van der Waals surface area contributed by atoms with Crippen LogP contribution in [0.3, 0.4) is 0 Å². The fourth-order valence-corrected chi connectivity index (χ4v) is 5.85. The first-order valence-corrected chi connectivity index (χ1v) is 18.2. The summed E-state index contributed by atoms with van der Waals surface area (Å²) in [4.78, 5) is 12.1. The second-order valence-corrected chi connectivity index (χ2v) is 12.9. The van der Waals surface area contributed by atoms with E-state index in [-0.39, 0.29) is 5.97 Å². The van der Waals surface area contributed by atoms with Crippen molar-refractivity contribution in [3.8, 4) is 0 Å². The summed E-state index contributed by atoms with van der Waals surface area (Å²) in [6.45, 7) is 2.83. The van der Waals surface area contributed by atoms with Gasteiger partial charge >= 0.3 is 5.97 Å². The molecule has 2 heteroatoms. The average molecular weight is 559 g/mol. The summed E-state index contributed by atoms with van der Waals surface area (Å²) in [7, 11) is 0. The van der Waals surface area contributed by atoms with E-state index in [0.29, 0.717) is 18.9 Å². The quantitative estimate of drug-likeness (QED) is 0.218. The molecule has 0 saturated carbocycles. The summed E-state index contributed by atoms with van der Waals surface area (Å²) in [6.07, 6.45) is 49.1. The lowest BCUT2D eigenvalue weighted by Gasteiger charge is -2.12. The fraction of sp³-hybridized carbons (Fsp3) is 0.868. The summed E-state index contributed by atoms with van der Waals surface area (Å²) in [5.74, 6) is 0.504. The molecule has 0 aliphatic carbocycles. The van der Waals surface area contributed by atoms with Gasteiger partial charge in [-0.1, -0.05) is 153 Å². The largest absolute Gasteiger partial charge is 0.465 e. The zero-order chi connectivity index (χ0) is 28.6. The molecule has 0 bridgehead atoms. The second kappa shape index (κ2) is 30.9. The SMILES string of the molecule is CC1CCCCC/C=C\CCCCCCCCCCCC/C=C\CCCCCCCCCCCCCC(=O)OC1. The second-order valence-electron chi connectivity index (χ2n) is 12.9. The minimum atomic E-state index is 0.0154. The van der Waals surface area contributed by atoms with E-state index in [2.05, 4.69) is 31.2 Å². The third kappa shape index (κ3) is 28.5. The predicted molar refractivity (Wildman–Crippen MR) is 177 cm³/mol. The van der Waals surface area contributed by atoms with Crippen molar-refractivity contribution in [3.63, 3.8) is 0 Å². The van der Waals surface area contributed by atoms with Crippen LogP contribution < -0.4 is 0 Å². The molecular formula is C38H70O2. The summed E-state index contributed by atoms with van der Waals surface area (Å²) >= 11 is 0. The van der Waals surface area contributed by atoms with Gasteiger partial charge in [-0.15, -0.1) is 0 Å². The number of allylic oxidation sites excluding steroid dienone is 4. The lowest BCUT2D eigenvalue weighted by Crippen LogP contribution is -2.11. The standard InChI is InChI=1S/C38H70O2/c1-37-34-32-30-28-26-24-22-20-18-16-14-12-10-8-6-4-2-3-5-7-9-11-13-15-17-19-21-23-25-27-29-31-33-35-38(39)40-36-37/h7,9,22,24,37H,2-6,8,10-21,23,25-36H2,1H3/b9-7-,24-22-. The number of carbonyl (C=O) groups is 1. The van der Waals surface area contributed by atoms with E-state index in [4.69, 9.17) is 4.74 Å². The molecule has 0 aromatic carbocycles. The Labute approximate surface area is 251 Å². The molecule has 1 aliphatic heterocycles. The van der Waals surface area contributed by atoms with E-state index >= 15 is 0 Å². The summed E-state index contributed by atoms with van der Waals surface area (Å²) in [5.41, 5.74) is 0. The first-order valence-electron chi connectivity index (χ1n) is 18.2. The minimum Gasteiger partial charge on any atom is -0.465 e. The van der Waals surface area contributed by atoms with Crippen molar-refractivity contribution < 1.29 is 9.53 Å². The van der Waals surface area contributed by atoms with Crippen molar-refractivity contribution in [1.82, 2.24) is 0 Å². The monoisotopic (exact) mass is 559 g/mol. The van der Waals surface area contributed by atoms with Crippen molar-refractivity contribution in [2.75, 3.05) is 6.61 Å². The highest BCUT2D eigenvalue weighted by Crippen LogP contribution is 2.16. The fourth-order valence-electron chi connectivity index (χ4n) is 5.85. The van der Waals surface area contributed by atoms with Crippen LogP contribution in [-0.4, -0.2) is 12.6 Å². The van der Waals surface area contributed by atoms with Crippen LogP contribution in [0.4, 0.5) is 0 Å². The summed E-state index contributed by atoms with van der Waals surface area (Å²) in [5, 5.41) is 0. The van der Waals surface area contributed by atoms with Gasteiger partial charge in [0.1, 0.15) is 0 Å². The van der Waals surface area contributed by atoms with Gasteiger partial charge in [0.2, 0.25) is 0 Å². The van der Waals surface area contributed by atoms with Crippen LogP contribution in [0.1, 0.15) is 200 Å². The molecule has 0 aromatic heterocycles. The molecule has 1 rings (SSSR count). The molecule has 1 heterocycles. The van der Waals surface area contributed by atoms with Crippen LogP contribution in [0.5, 0.6) is 0 Å². The van der Waals surface area contributed by atoms with Crippen LogP contribution >= 0.6 is 0 Å².